The number of anilines is 1. The second kappa shape index (κ2) is 8.65. The zero-order chi connectivity index (χ0) is 23.9. The topological polar surface area (TPSA) is 119 Å². The number of hydrogen-bond donors (Lipinski definition) is 0. The lowest BCUT2D eigenvalue weighted by atomic mass is 10.0. The van der Waals surface area contributed by atoms with Crippen molar-refractivity contribution in [3.8, 4) is 5.69 Å². The Balaban J connectivity index is 1.41. The molecule has 0 bridgehead atoms. The number of aryl methyl sites for hydroxylation is 1. The van der Waals surface area contributed by atoms with Crippen molar-refractivity contribution in [2.45, 2.75) is 30.6 Å². The predicted molar refractivity (Wildman–Crippen MR) is 125 cm³/mol. The van der Waals surface area contributed by atoms with Gasteiger partial charge in [-0.05, 0) is 61.6 Å². The molecule has 1 saturated heterocycles. The maximum absolute atomic E-state index is 13.3. The minimum Gasteiger partial charge on any atom is -0.307 e. The Morgan fingerprint density at radius 3 is 2.56 bits per heavy atom. The summed E-state index contributed by atoms with van der Waals surface area (Å²) >= 11 is 0. The van der Waals surface area contributed by atoms with Gasteiger partial charge in [0.15, 0.2) is 5.69 Å². The first kappa shape index (κ1) is 22.2. The Hall–Kier alpha value is -3.57. The Labute approximate surface area is 196 Å². The highest BCUT2D eigenvalue weighted by Crippen LogP contribution is 2.32. The van der Waals surface area contributed by atoms with Crippen molar-refractivity contribution in [1.29, 1.82) is 0 Å². The van der Waals surface area contributed by atoms with Crippen molar-refractivity contribution in [3.05, 3.63) is 76.1 Å². The number of carbonyl (C=O) groups excluding carboxylic acids is 1. The number of rotatable bonds is 5. The largest absolute Gasteiger partial charge is 0.307 e. The summed E-state index contributed by atoms with van der Waals surface area (Å²) in [5, 5.41) is 15.4. The summed E-state index contributed by atoms with van der Waals surface area (Å²) in [7, 11) is -3.53. The summed E-state index contributed by atoms with van der Waals surface area (Å²) in [5.74, 6) is -0.305. The van der Waals surface area contributed by atoms with Crippen LogP contribution in [0.25, 0.3) is 5.69 Å². The average molecular weight is 482 g/mol. The monoisotopic (exact) mass is 481 g/mol. The van der Waals surface area contributed by atoms with Gasteiger partial charge in [-0.2, -0.15) is 9.40 Å². The van der Waals surface area contributed by atoms with Crippen LogP contribution in [0.3, 0.4) is 0 Å². The third-order valence-electron chi connectivity index (χ3n) is 6.23. The Morgan fingerprint density at radius 1 is 1.00 bits per heavy atom. The molecule has 1 fully saturated rings. The van der Waals surface area contributed by atoms with Gasteiger partial charge in [0.1, 0.15) is 0 Å². The van der Waals surface area contributed by atoms with E-state index in [9.17, 15) is 23.3 Å². The summed E-state index contributed by atoms with van der Waals surface area (Å²) in [6.45, 7) is 1.57. The fraction of sp³-hybridized carbons (Fsp3) is 0.304. The summed E-state index contributed by atoms with van der Waals surface area (Å²) in [4.78, 5) is 25.7. The van der Waals surface area contributed by atoms with Crippen LogP contribution < -0.4 is 4.90 Å². The minimum absolute atomic E-state index is 0.0643. The first-order chi connectivity index (χ1) is 16.3. The summed E-state index contributed by atoms with van der Waals surface area (Å²) in [6.07, 6.45) is 4.72. The number of nitro benzene ring substituents is 1. The molecular weight excluding hydrogens is 458 g/mol. The van der Waals surface area contributed by atoms with Gasteiger partial charge in [-0.1, -0.05) is 6.07 Å². The van der Waals surface area contributed by atoms with Crippen LogP contribution in [0.5, 0.6) is 0 Å². The molecule has 2 aliphatic heterocycles. The molecule has 0 radical (unpaired) electrons. The normalized spacial score (nSPS) is 16.4. The number of benzene rings is 2. The molecule has 2 aromatic carbocycles. The second-order valence-corrected chi connectivity index (χ2v) is 10.3. The maximum atomic E-state index is 13.3. The van der Waals surface area contributed by atoms with Crippen molar-refractivity contribution in [2.24, 2.45) is 0 Å². The van der Waals surface area contributed by atoms with E-state index in [1.54, 1.807) is 47.5 Å². The molecule has 0 N–H and O–H groups in total. The summed E-state index contributed by atoms with van der Waals surface area (Å²) in [6, 6.07) is 12.5. The Bertz CT molecular complexity index is 1380. The van der Waals surface area contributed by atoms with Crippen LogP contribution in [0, 0.1) is 10.1 Å². The molecule has 3 aromatic rings. The van der Waals surface area contributed by atoms with Gasteiger partial charge < -0.3 is 4.90 Å². The molecule has 3 heterocycles. The number of nitrogens with zero attached hydrogens (tertiary/aromatic N) is 5. The predicted octanol–water partition coefficient (Wildman–Crippen LogP) is 3.16. The van der Waals surface area contributed by atoms with Crippen molar-refractivity contribution < 1.29 is 18.1 Å². The van der Waals surface area contributed by atoms with E-state index in [4.69, 9.17) is 0 Å². The molecule has 34 heavy (non-hydrogen) atoms. The highest BCUT2D eigenvalue weighted by atomic mass is 32.2. The Kier molecular flexibility index (Phi) is 5.66. The minimum atomic E-state index is -3.53. The van der Waals surface area contributed by atoms with E-state index in [1.165, 1.54) is 21.1 Å². The number of hydrogen-bond acceptors (Lipinski definition) is 6. The molecule has 0 spiro atoms. The SMILES string of the molecule is O=C(c1ccn(-c2cccc([N+](=O)[O-])c2)n1)N1CCCc2cc(S(=O)(=O)N3CCCC3)ccc21. The van der Waals surface area contributed by atoms with Gasteiger partial charge in [0.05, 0.1) is 15.5 Å². The average Bonchev–Trinajstić information content (AvgIpc) is 3.56. The molecule has 2 aliphatic rings. The molecule has 11 heteroatoms. The van der Waals surface area contributed by atoms with E-state index in [2.05, 4.69) is 5.10 Å². The first-order valence-corrected chi connectivity index (χ1v) is 12.5. The number of amides is 1. The van der Waals surface area contributed by atoms with Gasteiger partial charge in [0.2, 0.25) is 10.0 Å². The molecule has 0 saturated carbocycles. The van der Waals surface area contributed by atoms with E-state index >= 15 is 0 Å². The first-order valence-electron chi connectivity index (χ1n) is 11.1. The number of fused-ring (bicyclic) bond motifs is 1. The molecular formula is C23H23N5O5S. The van der Waals surface area contributed by atoms with Crippen LogP contribution >= 0.6 is 0 Å². The maximum Gasteiger partial charge on any atom is 0.278 e. The number of carbonyl (C=O) groups is 1. The zero-order valence-corrected chi connectivity index (χ0v) is 19.1. The van der Waals surface area contributed by atoms with Crippen molar-refractivity contribution in [1.82, 2.24) is 14.1 Å². The highest BCUT2D eigenvalue weighted by molar-refractivity contribution is 7.89. The fourth-order valence-electron chi connectivity index (χ4n) is 4.49. The van der Waals surface area contributed by atoms with Crippen molar-refractivity contribution >= 4 is 27.3 Å². The van der Waals surface area contributed by atoms with E-state index in [1.807, 2.05) is 0 Å². The number of sulfonamides is 1. The van der Waals surface area contributed by atoms with Crippen LogP contribution in [-0.4, -0.2) is 53.0 Å². The van der Waals surface area contributed by atoms with Crippen LogP contribution in [0.4, 0.5) is 11.4 Å². The van der Waals surface area contributed by atoms with Gasteiger partial charge >= 0.3 is 0 Å². The molecule has 176 valence electrons. The molecule has 5 rings (SSSR count). The van der Waals surface area contributed by atoms with Crippen LogP contribution in [-0.2, 0) is 16.4 Å². The lowest BCUT2D eigenvalue weighted by Gasteiger charge is -2.29. The number of aromatic nitrogens is 2. The third kappa shape index (κ3) is 3.97. The highest BCUT2D eigenvalue weighted by Gasteiger charge is 2.30. The summed E-state index contributed by atoms with van der Waals surface area (Å²) in [5.41, 5.74) is 2.11. The number of nitro groups is 1. The smallest absolute Gasteiger partial charge is 0.278 e. The molecule has 1 amide bonds. The van der Waals surface area contributed by atoms with Gasteiger partial charge in [0.25, 0.3) is 11.6 Å². The van der Waals surface area contributed by atoms with E-state index in [0.29, 0.717) is 43.9 Å². The molecule has 0 unspecified atom stereocenters. The van der Waals surface area contributed by atoms with Crippen LogP contribution in [0.15, 0.2) is 59.6 Å². The second-order valence-electron chi connectivity index (χ2n) is 8.38. The zero-order valence-electron chi connectivity index (χ0n) is 18.3. The van der Waals surface area contributed by atoms with Gasteiger partial charge in [-0.25, -0.2) is 13.1 Å². The lowest BCUT2D eigenvalue weighted by molar-refractivity contribution is -0.384. The van der Waals surface area contributed by atoms with Crippen molar-refractivity contribution in [2.75, 3.05) is 24.5 Å². The molecule has 10 nitrogen and oxygen atoms in total. The standard InChI is InChI=1S/C23H23N5O5S/c29-23(21-10-14-27(24-21)18-6-3-7-19(16-18)28(30)31)26-13-4-5-17-15-20(8-9-22(17)26)34(32,33)25-11-1-2-12-25/h3,6-10,14-16H,1-2,4-5,11-13H2. The molecule has 1 aromatic heterocycles. The fourth-order valence-corrected chi connectivity index (χ4v) is 6.06. The number of non-ortho nitro benzene ring substituents is 1. The molecule has 0 atom stereocenters. The van der Waals surface area contributed by atoms with Gasteiger partial charge in [0, 0.05) is 43.7 Å². The van der Waals surface area contributed by atoms with E-state index in [-0.39, 0.29) is 22.2 Å². The van der Waals surface area contributed by atoms with Crippen LogP contribution in [0.1, 0.15) is 35.3 Å². The van der Waals surface area contributed by atoms with Crippen LogP contribution in [0.2, 0.25) is 0 Å². The lowest BCUT2D eigenvalue weighted by Crippen LogP contribution is -2.36. The van der Waals surface area contributed by atoms with E-state index in [0.717, 1.165) is 18.4 Å². The van der Waals surface area contributed by atoms with Crippen molar-refractivity contribution in [3.63, 3.8) is 0 Å². The summed E-state index contributed by atoms with van der Waals surface area (Å²) < 4.78 is 28.8. The van der Waals surface area contributed by atoms with E-state index < -0.39 is 14.9 Å². The Morgan fingerprint density at radius 2 is 1.79 bits per heavy atom. The van der Waals surface area contributed by atoms with Gasteiger partial charge in [-0.3, -0.25) is 14.9 Å². The third-order valence-corrected chi connectivity index (χ3v) is 8.13. The quantitative estimate of drug-likeness (QED) is 0.408. The van der Waals surface area contributed by atoms with Gasteiger partial charge in [-0.15, -0.1) is 0 Å². The molecule has 0 aliphatic carbocycles.